The Hall–Kier alpha value is -2.62. The van der Waals surface area contributed by atoms with E-state index in [9.17, 15) is 4.79 Å². The van der Waals surface area contributed by atoms with Crippen molar-refractivity contribution >= 4 is 12.1 Å². The Kier molecular flexibility index (Phi) is 5.83. The predicted octanol–water partition coefficient (Wildman–Crippen LogP) is 4.12. The van der Waals surface area contributed by atoms with Crippen molar-refractivity contribution in [2.75, 3.05) is 6.61 Å². The topological polar surface area (TPSA) is 50.7 Å². The molecule has 1 aliphatic carbocycles. The molecule has 25 heavy (non-hydrogen) atoms. The lowest BCUT2D eigenvalue weighted by Crippen LogP contribution is -2.17. The summed E-state index contributed by atoms with van der Waals surface area (Å²) in [6.07, 6.45) is 7.35. The lowest BCUT2D eigenvalue weighted by atomic mass is 10.1. The smallest absolute Gasteiger partial charge is 0.271 e. The number of carbonyl (C=O) groups is 1. The highest BCUT2D eigenvalue weighted by atomic mass is 16.5. The quantitative estimate of drug-likeness (QED) is 0.470. The van der Waals surface area contributed by atoms with Gasteiger partial charge in [-0.25, -0.2) is 5.43 Å². The van der Waals surface area contributed by atoms with Crippen LogP contribution in [0.25, 0.3) is 0 Å². The second kappa shape index (κ2) is 8.47. The van der Waals surface area contributed by atoms with Crippen LogP contribution in [-0.2, 0) is 12.8 Å². The van der Waals surface area contributed by atoms with Crippen LogP contribution in [-0.4, -0.2) is 18.7 Å². The van der Waals surface area contributed by atoms with E-state index in [1.54, 1.807) is 18.3 Å². The minimum absolute atomic E-state index is 0.225. The van der Waals surface area contributed by atoms with Gasteiger partial charge in [0.25, 0.3) is 5.91 Å². The zero-order valence-electron chi connectivity index (χ0n) is 14.6. The van der Waals surface area contributed by atoms with Gasteiger partial charge in [-0.3, -0.25) is 4.79 Å². The summed E-state index contributed by atoms with van der Waals surface area (Å²) in [4.78, 5) is 12.1. The number of hydrazone groups is 1. The molecule has 0 radical (unpaired) electrons. The number of unbranched alkanes of at least 4 members (excludes halogenated alkanes) is 1. The largest absolute Gasteiger partial charge is 0.494 e. The minimum Gasteiger partial charge on any atom is -0.494 e. The average molecular weight is 336 g/mol. The highest BCUT2D eigenvalue weighted by Crippen LogP contribution is 2.22. The van der Waals surface area contributed by atoms with Gasteiger partial charge in [0, 0.05) is 5.56 Å². The SMILES string of the molecule is CCCCOc1ccc(C(=O)N/N=C\c2ccc3c(c2)CCC3)cc1. The maximum Gasteiger partial charge on any atom is 0.271 e. The number of hydrogen-bond donors (Lipinski definition) is 1. The maximum absolute atomic E-state index is 12.1. The maximum atomic E-state index is 12.1. The lowest BCUT2D eigenvalue weighted by Gasteiger charge is -2.06. The summed E-state index contributed by atoms with van der Waals surface area (Å²) in [6, 6.07) is 13.5. The number of carbonyl (C=O) groups excluding carboxylic acids is 1. The zero-order chi connectivity index (χ0) is 17.5. The summed E-state index contributed by atoms with van der Waals surface area (Å²) < 4.78 is 5.60. The van der Waals surface area contributed by atoms with Gasteiger partial charge in [-0.05, 0) is 72.7 Å². The van der Waals surface area contributed by atoms with E-state index in [1.165, 1.54) is 24.0 Å². The summed E-state index contributed by atoms with van der Waals surface area (Å²) in [6.45, 7) is 2.83. The van der Waals surface area contributed by atoms with Crippen molar-refractivity contribution < 1.29 is 9.53 Å². The van der Waals surface area contributed by atoms with Crippen LogP contribution in [0.1, 0.15) is 53.2 Å². The number of aryl methyl sites for hydroxylation is 2. The molecule has 2 aromatic carbocycles. The third kappa shape index (κ3) is 4.69. The zero-order valence-corrected chi connectivity index (χ0v) is 14.6. The first-order valence-corrected chi connectivity index (χ1v) is 8.94. The Morgan fingerprint density at radius 3 is 2.76 bits per heavy atom. The normalized spacial score (nSPS) is 13.0. The number of ether oxygens (including phenoxy) is 1. The second-order valence-electron chi connectivity index (χ2n) is 6.31. The highest BCUT2D eigenvalue weighted by molar-refractivity contribution is 5.95. The van der Waals surface area contributed by atoms with Crippen LogP contribution in [0, 0.1) is 0 Å². The van der Waals surface area contributed by atoms with Crippen molar-refractivity contribution in [2.45, 2.75) is 39.0 Å². The Morgan fingerprint density at radius 1 is 1.16 bits per heavy atom. The van der Waals surface area contributed by atoms with Crippen molar-refractivity contribution in [3.8, 4) is 5.75 Å². The van der Waals surface area contributed by atoms with Crippen LogP contribution in [0.15, 0.2) is 47.6 Å². The predicted molar refractivity (Wildman–Crippen MR) is 100 cm³/mol. The van der Waals surface area contributed by atoms with E-state index in [4.69, 9.17) is 4.74 Å². The third-order valence-corrected chi connectivity index (χ3v) is 4.39. The molecule has 0 atom stereocenters. The monoisotopic (exact) mass is 336 g/mol. The standard InChI is InChI=1S/C21H24N2O2/c1-2-3-13-25-20-11-9-18(10-12-20)21(24)23-22-15-16-7-8-17-5-4-6-19(17)14-16/h7-12,14-15H,2-6,13H2,1H3,(H,23,24)/b22-15-. The van der Waals surface area contributed by atoms with E-state index in [-0.39, 0.29) is 5.91 Å². The van der Waals surface area contributed by atoms with E-state index in [0.717, 1.165) is 30.6 Å². The van der Waals surface area contributed by atoms with Gasteiger partial charge in [-0.2, -0.15) is 5.10 Å². The molecule has 3 rings (SSSR count). The average Bonchev–Trinajstić information content (AvgIpc) is 3.10. The van der Waals surface area contributed by atoms with Crippen molar-refractivity contribution in [3.05, 3.63) is 64.7 Å². The van der Waals surface area contributed by atoms with Gasteiger partial charge in [0.1, 0.15) is 5.75 Å². The number of amides is 1. The first-order chi connectivity index (χ1) is 12.3. The molecule has 4 heteroatoms. The van der Waals surface area contributed by atoms with Crippen molar-refractivity contribution in [2.24, 2.45) is 5.10 Å². The third-order valence-electron chi connectivity index (χ3n) is 4.39. The van der Waals surface area contributed by atoms with E-state index in [1.807, 2.05) is 18.2 Å². The van der Waals surface area contributed by atoms with Crippen molar-refractivity contribution in [1.82, 2.24) is 5.43 Å². The Labute approximate surface area is 148 Å². The summed E-state index contributed by atoms with van der Waals surface area (Å²) in [7, 11) is 0. The van der Waals surface area contributed by atoms with Crippen molar-refractivity contribution in [1.29, 1.82) is 0 Å². The molecule has 1 amide bonds. The molecule has 0 aromatic heterocycles. The van der Waals surface area contributed by atoms with Crippen LogP contribution < -0.4 is 10.2 Å². The van der Waals surface area contributed by atoms with Crippen LogP contribution >= 0.6 is 0 Å². The molecule has 0 bridgehead atoms. The summed E-state index contributed by atoms with van der Waals surface area (Å²) >= 11 is 0. The molecule has 2 aromatic rings. The summed E-state index contributed by atoms with van der Waals surface area (Å²) in [5.74, 6) is 0.559. The first kappa shape index (κ1) is 17.2. The molecule has 0 saturated carbocycles. The molecule has 130 valence electrons. The molecule has 0 spiro atoms. The van der Waals surface area contributed by atoms with Gasteiger partial charge in [0.2, 0.25) is 0 Å². The second-order valence-corrected chi connectivity index (χ2v) is 6.31. The molecule has 4 nitrogen and oxygen atoms in total. The fraction of sp³-hybridized carbons (Fsp3) is 0.333. The molecule has 0 aliphatic heterocycles. The van der Waals surface area contributed by atoms with Gasteiger partial charge in [-0.15, -0.1) is 0 Å². The number of fused-ring (bicyclic) bond motifs is 1. The molecule has 0 fully saturated rings. The lowest BCUT2D eigenvalue weighted by molar-refractivity contribution is 0.0955. The van der Waals surface area contributed by atoms with E-state index in [2.05, 4.69) is 29.6 Å². The number of nitrogens with one attached hydrogen (secondary N) is 1. The Bertz CT molecular complexity index is 751. The molecule has 0 saturated heterocycles. The fourth-order valence-corrected chi connectivity index (χ4v) is 2.94. The number of rotatable bonds is 7. The fourth-order valence-electron chi connectivity index (χ4n) is 2.94. The van der Waals surface area contributed by atoms with E-state index >= 15 is 0 Å². The van der Waals surface area contributed by atoms with Gasteiger partial charge in [-0.1, -0.05) is 25.5 Å². The van der Waals surface area contributed by atoms with Gasteiger partial charge >= 0.3 is 0 Å². The highest BCUT2D eigenvalue weighted by Gasteiger charge is 2.10. The van der Waals surface area contributed by atoms with Crippen molar-refractivity contribution in [3.63, 3.8) is 0 Å². The molecular formula is C21H24N2O2. The van der Waals surface area contributed by atoms with Crippen LogP contribution in [0.2, 0.25) is 0 Å². The number of hydrogen-bond acceptors (Lipinski definition) is 3. The molecular weight excluding hydrogens is 312 g/mol. The van der Waals surface area contributed by atoms with Gasteiger partial charge in [0.05, 0.1) is 12.8 Å². The first-order valence-electron chi connectivity index (χ1n) is 8.94. The summed E-state index contributed by atoms with van der Waals surface area (Å²) in [5.41, 5.74) is 6.98. The summed E-state index contributed by atoms with van der Waals surface area (Å²) in [5, 5.41) is 4.07. The van der Waals surface area contributed by atoms with Gasteiger partial charge in [0.15, 0.2) is 0 Å². The molecule has 0 heterocycles. The molecule has 0 unspecified atom stereocenters. The van der Waals surface area contributed by atoms with Gasteiger partial charge < -0.3 is 4.74 Å². The Morgan fingerprint density at radius 2 is 1.96 bits per heavy atom. The van der Waals surface area contributed by atoms with Crippen LogP contribution in [0.3, 0.4) is 0 Å². The van der Waals surface area contributed by atoms with Crippen LogP contribution in [0.5, 0.6) is 5.75 Å². The minimum atomic E-state index is -0.225. The molecule has 1 aliphatic rings. The number of benzene rings is 2. The van der Waals surface area contributed by atoms with Crippen LogP contribution in [0.4, 0.5) is 0 Å². The van der Waals surface area contributed by atoms with E-state index in [0.29, 0.717) is 12.2 Å². The Balaban J connectivity index is 1.53. The van der Waals surface area contributed by atoms with E-state index < -0.39 is 0 Å². The molecule has 1 N–H and O–H groups in total. The number of nitrogens with zero attached hydrogens (tertiary/aromatic N) is 1.